The molecule has 2 N–H and O–H groups in total. The lowest BCUT2D eigenvalue weighted by Crippen LogP contribution is -2.61. The van der Waals surface area contributed by atoms with E-state index < -0.39 is 0 Å². The summed E-state index contributed by atoms with van der Waals surface area (Å²) in [6.45, 7) is 11.7. The molecule has 2 rings (SSSR count). The van der Waals surface area contributed by atoms with Crippen LogP contribution < -0.4 is 5.73 Å². The molecule has 2 aliphatic rings. The summed E-state index contributed by atoms with van der Waals surface area (Å²) in [4.78, 5) is 2.75. The summed E-state index contributed by atoms with van der Waals surface area (Å²) in [5.41, 5.74) is 6.86. The predicted octanol–water partition coefficient (Wildman–Crippen LogP) is 3.01. The van der Waals surface area contributed by atoms with Crippen LogP contribution in [0.3, 0.4) is 0 Å². The van der Waals surface area contributed by atoms with Gasteiger partial charge in [0.05, 0.1) is 0 Å². The summed E-state index contributed by atoms with van der Waals surface area (Å²) in [5, 5.41) is 0. The molecule has 2 heteroatoms. The van der Waals surface area contributed by atoms with Crippen LogP contribution in [0.2, 0.25) is 0 Å². The highest BCUT2D eigenvalue weighted by Gasteiger charge is 2.48. The molecular weight excluding hydrogens is 208 g/mol. The minimum Gasteiger partial charge on any atom is -0.329 e. The van der Waals surface area contributed by atoms with Gasteiger partial charge < -0.3 is 5.73 Å². The SMILES string of the molecule is CC1CCC(CN)(N2CCCC2(C)C)CC1C. The average Bonchev–Trinajstić information content (AvgIpc) is 2.63. The molecule has 0 spiro atoms. The van der Waals surface area contributed by atoms with Gasteiger partial charge in [-0.15, -0.1) is 0 Å². The van der Waals surface area contributed by atoms with Crippen molar-refractivity contribution in [1.82, 2.24) is 4.90 Å². The molecule has 17 heavy (non-hydrogen) atoms. The van der Waals surface area contributed by atoms with Crippen LogP contribution in [0.4, 0.5) is 0 Å². The van der Waals surface area contributed by atoms with Crippen molar-refractivity contribution >= 4 is 0 Å². The van der Waals surface area contributed by atoms with E-state index in [2.05, 4.69) is 32.6 Å². The highest BCUT2D eigenvalue weighted by atomic mass is 15.3. The van der Waals surface area contributed by atoms with E-state index in [1.165, 1.54) is 38.6 Å². The van der Waals surface area contributed by atoms with Gasteiger partial charge in [-0.25, -0.2) is 0 Å². The molecule has 0 radical (unpaired) electrons. The Morgan fingerprint density at radius 1 is 1.18 bits per heavy atom. The lowest BCUT2D eigenvalue weighted by Gasteiger charge is -2.53. The molecule has 100 valence electrons. The van der Waals surface area contributed by atoms with Crippen LogP contribution in [0.15, 0.2) is 0 Å². The Kier molecular flexibility index (Phi) is 3.57. The molecule has 0 amide bonds. The smallest absolute Gasteiger partial charge is 0.0339 e. The van der Waals surface area contributed by atoms with E-state index >= 15 is 0 Å². The zero-order valence-electron chi connectivity index (χ0n) is 12.1. The Balaban J connectivity index is 2.20. The summed E-state index contributed by atoms with van der Waals surface area (Å²) in [7, 11) is 0. The van der Waals surface area contributed by atoms with Gasteiger partial charge in [-0.2, -0.15) is 0 Å². The summed E-state index contributed by atoms with van der Waals surface area (Å²) in [6.07, 6.45) is 6.63. The van der Waals surface area contributed by atoms with E-state index in [4.69, 9.17) is 5.73 Å². The molecule has 1 aliphatic heterocycles. The van der Waals surface area contributed by atoms with Crippen LogP contribution in [0.1, 0.15) is 59.8 Å². The molecule has 2 nitrogen and oxygen atoms in total. The Morgan fingerprint density at radius 3 is 2.35 bits per heavy atom. The van der Waals surface area contributed by atoms with Crippen molar-refractivity contribution in [3.63, 3.8) is 0 Å². The maximum Gasteiger partial charge on any atom is 0.0339 e. The Bertz CT molecular complexity index is 274. The second-order valence-electron chi connectivity index (χ2n) is 7.19. The van der Waals surface area contributed by atoms with E-state index in [1.54, 1.807) is 0 Å². The molecule has 0 aromatic heterocycles. The van der Waals surface area contributed by atoms with Gasteiger partial charge in [0.25, 0.3) is 0 Å². The fourth-order valence-electron chi connectivity index (χ4n) is 4.21. The highest BCUT2D eigenvalue weighted by molar-refractivity contribution is 5.04. The van der Waals surface area contributed by atoms with E-state index in [9.17, 15) is 0 Å². The topological polar surface area (TPSA) is 29.3 Å². The van der Waals surface area contributed by atoms with E-state index in [1.807, 2.05) is 0 Å². The number of nitrogens with zero attached hydrogens (tertiary/aromatic N) is 1. The molecule has 1 aliphatic carbocycles. The van der Waals surface area contributed by atoms with Crippen molar-refractivity contribution in [3.05, 3.63) is 0 Å². The third-order valence-corrected chi connectivity index (χ3v) is 5.59. The first kappa shape index (κ1) is 13.4. The maximum atomic E-state index is 6.21. The Labute approximate surface area is 107 Å². The number of hydrogen-bond acceptors (Lipinski definition) is 2. The van der Waals surface area contributed by atoms with Crippen LogP contribution >= 0.6 is 0 Å². The quantitative estimate of drug-likeness (QED) is 0.801. The number of hydrogen-bond donors (Lipinski definition) is 1. The van der Waals surface area contributed by atoms with Gasteiger partial charge in [0.2, 0.25) is 0 Å². The van der Waals surface area contributed by atoms with Crippen LogP contribution in [0.25, 0.3) is 0 Å². The second kappa shape index (κ2) is 4.55. The Hall–Kier alpha value is -0.0800. The van der Waals surface area contributed by atoms with Gasteiger partial charge >= 0.3 is 0 Å². The molecule has 3 atom stereocenters. The fourth-order valence-corrected chi connectivity index (χ4v) is 4.21. The van der Waals surface area contributed by atoms with Crippen molar-refractivity contribution in [2.24, 2.45) is 17.6 Å². The fraction of sp³-hybridized carbons (Fsp3) is 1.00. The number of nitrogens with two attached hydrogens (primary N) is 1. The van der Waals surface area contributed by atoms with Gasteiger partial charge in [0, 0.05) is 17.6 Å². The second-order valence-corrected chi connectivity index (χ2v) is 7.19. The van der Waals surface area contributed by atoms with Crippen molar-refractivity contribution in [2.75, 3.05) is 13.1 Å². The Morgan fingerprint density at radius 2 is 1.88 bits per heavy atom. The lowest BCUT2D eigenvalue weighted by atomic mass is 9.69. The summed E-state index contributed by atoms with van der Waals surface area (Å²) in [5.74, 6) is 1.70. The van der Waals surface area contributed by atoms with Crippen molar-refractivity contribution in [1.29, 1.82) is 0 Å². The first-order chi connectivity index (χ1) is 7.91. The molecule has 2 fully saturated rings. The zero-order chi connectivity index (χ0) is 12.7. The maximum absolute atomic E-state index is 6.21. The molecule has 0 aromatic rings. The lowest BCUT2D eigenvalue weighted by molar-refractivity contribution is -0.0178. The molecule has 0 bridgehead atoms. The van der Waals surface area contributed by atoms with Gasteiger partial charge in [-0.1, -0.05) is 13.8 Å². The monoisotopic (exact) mass is 238 g/mol. The molecule has 1 saturated carbocycles. The number of rotatable bonds is 2. The normalized spacial score (nSPS) is 42.9. The van der Waals surface area contributed by atoms with Gasteiger partial charge in [0.15, 0.2) is 0 Å². The standard InChI is InChI=1S/C15H30N2/c1-12-6-8-15(11-16,10-13(12)2)17-9-5-7-14(17,3)4/h12-13H,5-11,16H2,1-4H3. The summed E-state index contributed by atoms with van der Waals surface area (Å²) in [6, 6.07) is 0. The van der Waals surface area contributed by atoms with Crippen LogP contribution in [-0.4, -0.2) is 29.1 Å². The molecular formula is C15H30N2. The third-order valence-electron chi connectivity index (χ3n) is 5.59. The predicted molar refractivity (Wildman–Crippen MR) is 74.0 cm³/mol. The van der Waals surface area contributed by atoms with Crippen LogP contribution in [-0.2, 0) is 0 Å². The average molecular weight is 238 g/mol. The van der Waals surface area contributed by atoms with E-state index in [0.29, 0.717) is 11.1 Å². The van der Waals surface area contributed by atoms with Crippen molar-refractivity contribution < 1.29 is 0 Å². The zero-order valence-corrected chi connectivity index (χ0v) is 12.1. The largest absolute Gasteiger partial charge is 0.329 e. The summed E-state index contributed by atoms with van der Waals surface area (Å²) >= 11 is 0. The van der Waals surface area contributed by atoms with Gasteiger partial charge in [-0.3, -0.25) is 4.90 Å². The highest BCUT2D eigenvalue weighted by Crippen LogP contribution is 2.45. The molecule has 3 unspecified atom stereocenters. The van der Waals surface area contributed by atoms with Crippen molar-refractivity contribution in [3.8, 4) is 0 Å². The number of likely N-dealkylation sites (tertiary alicyclic amines) is 1. The molecule has 1 saturated heterocycles. The first-order valence-corrected chi connectivity index (χ1v) is 7.39. The van der Waals surface area contributed by atoms with Crippen LogP contribution in [0.5, 0.6) is 0 Å². The van der Waals surface area contributed by atoms with Crippen molar-refractivity contribution in [2.45, 2.75) is 70.9 Å². The first-order valence-electron chi connectivity index (χ1n) is 7.39. The third kappa shape index (κ3) is 2.26. The van der Waals surface area contributed by atoms with Crippen LogP contribution in [0, 0.1) is 11.8 Å². The van der Waals surface area contributed by atoms with E-state index in [-0.39, 0.29) is 0 Å². The molecule has 1 heterocycles. The van der Waals surface area contributed by atoms with Gasteiger partial charge in [0.1, 0.15) is 0 Å². The minimum atomic E-state index is 0.298. The van der Waals surface area contributed by atoms with E-state index in [0.717, 1.165) is 18.4 Å². The van der Waals surface area contributed by atoms with Gasteiger partial charge in [-0.05, 0) is 64.3 Å². The minimum absolute atomic E-state index is 0.298. The summed E-state index contributed by atoms with van der Waals surface area (Å²) < 4.78 is 0. The molecule has 0 aromatic carbocycles.